The molecule has 0 radical (unpaired) electrons. The Hall–Kier alpha value is -2.48. The molecule has 0 fully saturated rings. The molecule has 0 aliphatic carbocycles. The van der Waals surface area contributed by atoms with Crippen LogP contribution in [0.3, 0.4) is 0 Å². The van der Waals surface area contributed by atoms with Crippen molar-refractivity contribution in [3.8, 4) is 11.5 Å². The van der Waals surface area contributed by atoms with E-state index in [1.54, 1.807) is 12.1 Å². The van der Waals surface area contributed by atoms with Crippen LogP contribution in [-0.2, 0) is 9.53 Å². The van der Waals surface area contributed by atoms with Crippen LogP contribution in [0.4, 0.5) is 5.82 Å². The average molecular weight is 392 g/mol. The first-order chi connectivity index (χ1) is 11.5. The van der Waals surface area contributed by atoms with Gasteiger partial charge in [-0.25, -0.2) is 4.79 Å². The maximum absolute atomic E-state index is 12.3. The molecule has 0 saturated carbocycles. The number of carbonyl (C=O) groups is 1. The highest BCUT2D eigenvalue weighted by Crippen LogP contribution is 2.47. The summed E-state index contributed by atoms with van der Waals surface area (Å²) in [6.07, 6.45) is 0. The largest absolute Gasteiger partial charge is 0.503 e. The lowest BCUT2D eigenvalue weighted by atomic mass is 9.82. The molecule has 0 spiro atoms. The van der Waals surface area contributed by atoms with Crippen LogP contribution in [0.25, 0.3) is 0 Å². The summed E-state index contributed by atoms with van der Waals surface area (Å²) in [6, 6.07) is 3.50. The van der Waals surface area contributed by atoms with Crippen molar-refractivity contribution in [2.45, 2.75) is 12.8 Å². The predicted molar refractivity (Wildman–Crippen MR) is 89.1 cm³/mol. The van der Waals surface area contributed by atoms with Gasteiger partial charge in [0.15, 0.2) is 17.3 Å². The van der Waals surface area contributed by atoms with Crippen molar-refractivity contribution in [3.05, 3.63) is 44.7 Å². The Kier molecular flexibility index (Phi) is 3.31. The maximum atomic E-state index is 12.3. The number of esters is 1. The van der Waals surface area contributed by atoms with Gasteiger partial charge in [0.25, 0.3) is 0 Å². The predicted octanol–water partition coefficient (Wildman–Crippen LogP) is 2.56. The van der Waals surface area contributed by atoms with E-state index in [1.165, 1.54) is 7.11 Å². The molecule has 1 atom stereocenters. The number of methoxy groups -OCH3 is 1. The number of nitrogens with one attached hydrogen (secondary N) is 2. The number of H-pyrrole nitrogens is 1. The van der Waals surface area contributed by atoms with Gasteiger partial charge in [-0.15, -0.1) is 0 Å². The number of aromatic amines is 1. The summed E-state index contributed by atoms with van der Waals surface area (Å²) in [4.78, 5) is 12.3. The second-order valence-corrected chi connectivity index (χ2v) is 6.55. The summed E-state index contributed by atoms with van der Waals surface area (Å²) in [5.41, 5.74) is 3.82. The van der Waals surface area contributed by atoms with Gasteiger partial charge in [-0.3, -0.25) is 5.10 Å². The summed E-state index contributed by atoms with van der Waals surface area (Å²) in [5, 5.41) is 20.5. The van der Waals surface area contributed by atoms with Crippen LogP contribution in [0, 0.1) is 6.92 Å². The number of cyclic esters (lactones) is 1. The van der Waals surface area contributed by atoms with E-state index in [-0.39, 0.29) is 24.2 Å². The lowest BCUT2D eigenvalue weighted by Crippen LogP contribution is -2.20. The van der Waals surface area contributed by atoms with Crippen LogP contribution in [0.2, 0.25) is 0 Å². The zero-order valence-corrected chi connectivity index (χ0v) is 14.5. The van der Waals surface area contributed by atoms with Crippen molar-refractivity contribution in [3.63, 3.8) is 0 Å². The van der Waals surface area contributed by atoms with E-state index in [4.69, 9.17) is 9.47 Å². The van der Waals surface area contributed by atoms with Crippen molar-refractivity contribution in [1.29, 1.82) is 0 Å². The number of aryl methyl sites for hydroxylation is 1. The molecule has 3 heterocycles. The van der Waals surface area contributed by atoms with Crippen molar-refractivity contribution in [2.24, 2.45) is 0 Å². The number of aromatic hydroxyl groups is 1. The average Bonchev–Trinajstić information content (AvgIpc) is 3.12. The van der Waals surface area contributed by atoms with E-state index in [0.29, 0.717) is 27.3 Å². The number of ether oxygens (including phenoxy) is 2. The third kappa shape index (κ3) is 2.02. The van der Waals surface area contributed by atoms with Gasteiger partial charge in [0.2, 0.25) is 0 Å². The van der Waals surface area contributed by atoms with E-state index >= 15 is 0 Å². The quantitative estimate of drug-likeness (QED) is 0.680. The Morgan fingerprint density at radius 3 is 3.00 bits per heavy atom. The fourth-order valence-electron chi connectivity index (χ4n) is 3.23. The summed E-state index contributed by atoms with van der Waals surface area (Å²) in [7, 11) is 1.48. The minimum atomic E-state index is -0.351. The minimum Gasteiger partial charge on any atom is -0.503 e. The molecule has 4 rings (SSSR count). The number of nitrogens with zero attached hydrogens (tertiary/aromatic N) is 1. The second-order valence-electron chi connectivity index (χ2n) is 5.69. The Labute approximate surface area is 145 Å². The van der Waals surface area contributed by atoms with Gasteiger partial charge in [0, 0.05) is 17.2 Å². The Balaban J connectivity index is 1.97. The molecule has 1 aromatic heterocycles. The first-order valence-corrected chi connectivity index (χ1v) is 8.09. The highest BCUT2D eigenvalue weighted by atomic mass is 79.9. The fourth-order valence-corrected chi connectivity index (χ4v) is 3.69. The van der Waals surface area contributed by atoms with Gasteiger partial charge in [0.1, 0.15) is 6.61 Å². The van der Waals surface area contributed by atoms with Crippen LogP contribution in [0.5, 0.6) is 11.5 Å². The first kappa shape index (κ1) is 15.1. The number of hydrogen-bond donors (Lipinski definition) is 3. The Bertz CT molecular complexity index is 903. The number of phenolic OH excluding ortho intramolecular Hbond substituents is 1. The number of carbonyl (C=O) groups excluding carboxylic acids is 1. The number of anilines is 1. The van der Waals surface area contributed by atoms with E-state index in [9.17, 15) is 9.90 Å². The number of fused-ring (bicyclic) bond motifs is 1. The van der Waals surface area contributed by atoms with Crippen LogP contribution in [0.15, 0.2) is 27.9 Å². The normalized spacial score (nSPS) is 18.8. The van der Waals surface area contributed by atoms with E-state index in [1.807, 2.05) is 6.92 Å². The summed E-state index contributed by atoms with van der Waals surface area (Å²) < 4.78 is 10.9. The third-order valence-corrected chi connectivity index (χ3v) is 4.94. The maximum Gasteiger partial charge on any atom is 0.337 e. The monoisotopic (exact) mass is 391 g/mol. The lowest BCUT2D eigenvalue weighted by Gasteiger charge is -2.25. The molecule has 1 aromatic carbocycles. The van der Waals surface area contributed by atoms with Crippen molar-refractivity contribution in [1.82, 2.24) is 10.2 Å². The van der Waals surface area contributed by atoms with Gasteiger partial charge in [-0.05, 0) is 40.5 Å². The molecular formula is C16H14BrN3O4. The van der Waals surface area contributed by atoms with E-state index < -0.39 is 0 Å². The zero-order valence-electron chi connectivity index (χ0n) is 12.9. The third-order valence-electron chi connectivity index (χ3n) is 4.34. The standard InChI is InChI=1S/C16H14BrN3O4/c1-6-11-12(7-3-8(17)14(21)10(4-7)23-2)13-9(5-24-16(13)22)18-15(11)20-19-6/h3-4,12,21H,5H2,1-2H3,(H2,18,19,20)/t12-/m0/s1. The number of hydrogen-bond acceptors (Lipinski definition) is 6. The molecule has 0 bridgehead atoms. The molecule has 3 N–H and O–H groups in total. The van der Waals surface area contributed by atoms with Crippen LogP contribution < -0.4 is 10.1 Å². The molecule has 0 unspecified atom stereocenters. The van der Waals surface area contributed by atoms with Gasteiger partial charge in [-0.2, -0.15) is 5.10 Å². The molecular weight excluding hydrogens is 378 g/mol. The Morgan fingerprint density at radius 2 is 2.25 bits per heavy atom. The van der Waals surface area contributed by atoms with E-state index in [2.05, 4.69) is 31.4 Å². The van der Waals surface area contributed by atoms with Gasteiger partial charge < -0.3 is 19.9 Å². The minimum absolute atomic E-state index is 0.0162. The lowest BCUT2D eigenvalue weighted by molar-refractivity contribution is -0.136. The molecule has 0 saturated heterocycles. The second kappa shape index (κ2) is 5.27. The number of rotatable bonds is 2. The van der Waals surface area contributed by atoms with Gasteiger partial charge in [-0.1, -0.05) is 0 Å². The summed E-state index contributed by atoms with van der Waals surface area (Å²) in [6.45, 7) is 2.10. The first-order valence-electron chi connectivity index (χ1n) is 7.29. The van der Waals surface area contributed by atoms with Crippen LogP contribution in [0.1, 0.15) is 22.7 Å². The van der Waals surface area contributed by atoms with E-state index in [0.717, 1.165) is 16.8 Å². The van der Waals surface area contributed by atoms with Crippen molar-refractivity contribution in [2.75, 3.05) is 19.0 Å². The number of benzene rings is 1. The molecule has 124 valence electrons. The SMILES string of the molecule is COc1cc([C@@H]2C3=C(COC3=O)Nc3n[nH]c(C)c32)cc(Br)c1O. The molecule has 2 aliphatic rings. The highest BCUT2D eigenvalue weighted by molar-refractivity contribution is 9.10. The smallest absolute Gasteiger partial charge is 0.337 e. The van der Waals surface area contributed by atoms with Crippen molar-refractivity contribution < 1.29 is 19.4 Å². The summed E-state index contributed by atoms with van der Waals surface area (Å²) >= 11 is 3.34. The molecule has 0 amide bonds. The topological polar surface area (TPSA) is 96.5 Å². The molecule has 8 heteroatoms. The fraction of sp³-hybridized carbons (Fsp3) is 0.250. The molecule has 2 aliphatic heterocycles. The highest BCUT2D eigenvalue weighted by Gasteiger charge is 2.41. The number of aromatic nitrogens is 2. The van der Waals surface area contributed by atoms with Gasteiger partial charge >= 0.3 is 5.97 Å². The zero-order chi connectivity index (χ0) is 17.0. The van der Waals surface area contributed by atoms with Crippen LogP contribution in [-0.4, -0.2) is 35.0 Å². The molecule has 24 heavy (non-hydrogen) atoms. The number of phenols is 1. The number of halogens is 1. The molecule has 2 aromatic rings. The summed E-state index contributed by atoms with van der Waals surface area (Å²) in [5.74, 6) is 0.321. The van der Waals surface area contributed by atoms with Gasteiger partial charge in [0.05, 0.1) is 22.9 Å². The molecule has 7 nitrogen and oxygen atoms in total. The van der Waals surface area contributed by atoms with Crippen molar-refractivity contribution >= 4 is 27.7 Å². The van der Waals surface area contributed by atoms with Crippen LogP contribution >= 0.6 is 15.9 Å². The Morgan fingerprint density at radius 1 is 1.46 bits per heavy atom.